The second-order valence-corrected chi connectivity index (χ2v) is 6.63. The quantitative estimate of drug-likeness (QED) is 0.762. The van der Waals surface area contributed by atoms with Crippen LogP contribution >= 0.6 is 11.6 Å². The molecule has 0 aliphatic carbocycles. The van der Waals surface area contributed by atoms with Crippen molar-refractivity contribution in [3.8, 4) is 11.5 Å². The van der Waals surface area contributed by atoms with E-state index < -0.39 is 32.9 Å². The average molecular weight is 411 g/mol. The molecule has 2 rings (SSSR count). The van der Waals surface area contributed by atoms with Gasteiger partial charge in [0.15, 0.2) is 10.9 Å². The molecule has 1 aromatic carbocycles. The molecule has 1 N–H and O–H groups in total. The van der Waals surface area contributed by atoms with E-state index in [1.165, 1.54) is 19.2 Å². The molecule has 0 aliphatic rings. The third kappa shape index (κ3) is 4.76. The van der Waals surface area contributed by atoms with Crippen LogP contribution in [0.3, 0.4) is 0 Å². The highest BCUT2D eigenvalue weighted by molar-refractivity contribution is 7.90. The van der Waals surface area contributed by atoms with Crippen molar-refractivity contribution in [2.75, 3.05) is 7.11 Å². The van der Waals surface area contributed by atoms with Crippen LogP contribution in [-0.4, -0.2) is 32.8 Å². The van der Waals surface area contributed by atoms with Gasteiger partial charge in [-0.15, -0.1) is 13.2 Å². The molecule has 0 unspecified atom stereocenters. The van der Waals surface area contributed by atoms with E-state index in [-0.39, 0.29) is 16.6 Å². The monoisotopic (exact) mass is 410 g/mol. The Hall–Kier alpha value is -2.53. The van der Waals surface area contributed by atoms with E-state index in [2.05, 4.69) is 9.72 Å². The number of alkyl halides is 3. The van der Waals surface area contributed by atoms with Crippen LogP contribution in [0, 0.1) is 0 Å². The Balaban J connectivity index is 2.32. The minimum absolute atomic E-state index is 0.148. The zero-order valence-electron chi connectivity index (χ0n) is 12.9. The van der Waals surface area contributed by atoms with Crippen molar-refractivity contribution in [2.24, 2.45) is 0 Å². The maximum Gasteiger partial charge on any atom is 0.573 e. The van der Waals surface area contributed by atoms with E-state index in [1.807, 2.05) is 0 Å². The second-order valence-electron chi connectivity index (χ2n) is 4.62. The van der Waals surface area contributed by atoms with E-state index in [9.17, 15) is 26.4 Å². The maximum atomic E-state index is 12.4. The molecule has 2 aromatic rings. The number of amides is 1. The first-order valence-electron chi connectivity index (χ1n) is 6.66. The highest BCUT2D eigenvalue weighted by atomic mass is 35.5. The third-order valence-electron chi connectivity index (χ3n) is 2.86. The van der Waals surface area contributed by atoms with Crippen molar-refractivity contribution < 1.29 is 35.9 Å². The van der Waals surface area contributed by atoms with Gasteiger partial charge in [-0.05, 0) is 24.3 Å². The Morgan fingerprint density at radius 3 is 2.38 bits per heavy atom. The molecule has 0 saturated carbocycles. The number of sulfonamides is 1. The van der Waals surface area contributed by atoms with Gasteiger partial charge in [-0.2, -0.15) is 0 Å². The van der Waals surface area contributed by atoms with Crippen LogP contribution in [0.15, 0.2) is 41.3 Å². The summed E-state index contributed by atoms with van der Waals surface area (Å²) < 4.78 is 71.9. The minimum atomic E-state index is -5.11. The molecule has 26 heavy (non-hydrogen) atoms. The van der Waals surface area contributed by atoms with Gasteiger partial charge in [0.2, 0.25) is 0 Å². The van der Waals surface area contributed by atoms with Gasteiger partial charge in [0.25, 0.3) is 15.9 Å². The third-order valence-corrected chi connectivity index (χ3v) is 4.50. The fourth-order valence-corrected chi connectivity index (χ4v) is 3.13. The predicted octanol–water partition coefficient (Wildman–Crippen LogP) is 2.76. The molecule has 0 atom stereocenters. The first-order chi connectivity index (χ1) is 12.0. The number of aromatic nitrogens is 1. The van der Waals surface area contributed by atoms with Crippen LogP contribution in [0.25, 0.3) is 0 Å². The molecule has 0 aliphatic heterocycles. The number of methoxy groups -OCH3 is 1. The topological polar surface area (TPSA) is 94.6 Å². The van der Waals surface area contributed by atoms with Crippen LogP contribution in [0.5, 0.6) is 11.5 Å². The number of pyridine rings is 1. The number of hydrogen-bond acceptors (Lipinski definition) is 6. The summed E-state index contributed by atoms with van der Waals surface area (Å²) in [4.78, 5) is 14.9. The van der Waals surface area contributed by atoms with Crippen molar-refractivity contribution in [1.82, 2.24) is 9.71 Å². The van der Waals surface area contributed by atoms with Gasteiger partial charge in [0, 0.05) is 0 Å². The number of para-hydroxylation sites is 1. The lowest BCUT2D eigenvalue weighted by atomic mass is 10.3. The molecule has 0 bridgehead atoms. The first-order valence-corrected chi connectivity index (χ1v) is 8.52. The van der Waals surface area contributed by atoms with E-state index in [0.717, 1.165) is 24.3 Å². The maximum absolute atomic E-state index is 12.4. The van der Waals surface area contributed by atoms with E-state index in [1.54, 1.807) is 4.72 Å². The SMILES string of the molecule is COc1ccc(C(=O)NS(=O)(=O)c2ccccc2OC(F)(F)F)nc1Cl. The Kier molecular flexibility index (Phi) is 5.62. The summed E-state index contributed by atoms with van der Waals surface area (Å²) in [5.74, 6) is -2.03. The zero-order valence-corrected chi connectivity index (χ0v) is 14.4. The number of nitrogens with one attached hydrogen (secondary N) is 1. The number of benzene rings is 1. The average Bonchev–Trinajstić information content (AvgIpc) is 2.53. The number of ether oxygens (including phenoxy) is 2. The number of nitrogens with zero attached hydrogens (tertiary/aromatic N) is 1. The van der Waals surface area contributed by atoms with Gasteiger partial charge >= 0.3 is 6.36 Å². The van der Waals surface area contributed by atoms with Crippen molar-refractivity contribution in [3.63, 3.8) is 0 Å². The fraction of sp³-hybridized carbons (Fsp3) is 0.143. The van der Waals surface area contributed by atoms with Gasteiger partial charge < -0.3 is 9.47 Å². The van der Waals surface area contributed by atoms with Crippen LogP contribution in [-0.2, 0) is 10.0 Å². The van der Waals surface area contributed by atoms with Crippen LogP contribution in [0.1, 0.15) is 10.5 Å². The standard InChI is InChI=1S/C14H10ClF3N2O5S/c1-24-10-7-6-8(19-12(10)15)13(21)20-26(22,23)11-5-3-2-4-9(11)25-14(16,17)18/h2-7H,1H3,(H,20,21). The molecule has 0 fully saturated rings. The normalized spacial score (nSPS) is 11.7. The summed E-state index contributed by atoms with van der Waals surface area (Å²) in [5, 5.41) is -0.196. The van der Waals surface area contributed by atoms with Gasteiger partial charge in [-0.3, -0.25) is 4.79 Å². The molecular formula is C14H10ClF3N2O5S. The summed E-state index contributed by atoms with van der Waals surface area (Å²) >= 11 is 5.75. The lowest BCUT2D eigenvalue weighted by molar-refractivity contribution is -0.275. The summed E-state index contributed by atoms with van der Waals surface area (Å²) in [6, 6.07) is 6.38. The predicted molar refractivity (Wildman–Crippen MR) is 83.6 cm³/mol. The molecular weight excluding hydrogens is 401 g/mol. The number of rotatable bonds is 5. The largest absolute Gasteiger partial charge is 0.573 e. The van der Waals surface area contributed by atoms with Gasteiger partial charge in [-0.1, -0.05) is 23.7 Å². The number of hydrogen-bond donors (Lipinski definition) is 1. The molecule has 7 nitrogen and oxygen atoms in total. The van der Waals surface area contributed by atoms with Gasteiger partial charge in [-0.25, -0.2) is 18.1 Å². The first kappa shape index (κ1) is 19.8. The van der Waals surface area contributed by atoms with Crippen molar-refractivity contribution >= 4 is 27.5 Å². The highest BCUT2D eigenvalue weighted by Crippen LogP contribution is 2.29. The molecule has 0 spiro atoms. The summed E-state index contributed by atoms with van der Waals surface area (Å²) in [6.45, 7) is 0. The number of carbonyl (C=O) groups is 1. The lowest BCUT2D eigenvalue weighted by Gasteiger charge is -2.13. The summed E-state index contributed by atoms with van der Waals surface area (Å²) in [7, 11) is -3.37. The van der Waals surface area contributed by atoms with Gasteiger partial charge in [0.05, 0.1) is 7.11 Å². The van der Waals surface area contributed by atoms with E-state index in [0.29, 0.717) is 0 Å². The van der Waals surface area contributed by atoms with Crippen LogP contribution < -0.4 is 14.2 Å². The van der Waals surface area contributed by atoms with Gasteiger partial charge in [0.1, 0.15) is 16.3 Å². The highest BCUT2D eigenvalue weighted by Gasteiger charge is 2.34. The number of carbonyl (C=O) groups excluding carboxylic acids is 1. The molecule has 0 saturated heterocycles. The Morgan fingerprint density at radius 2 is 1.81 bits per heavy atom. The summed E-state index contributed by atoms with van der Waals surface area (Å²) in [6.07, 6.45) is -5.11. The van der Waals surface area contributed by atoms with Crippen LogP contribution in [0.4, 0.5) is 13.2 Å². The zero-order chi connectivity index (χ0) is 19.5. The Morgan fingerprint density at radius 1 is 1.15 bits per heavy atom. The minimum Gasteiger partial charge on any atom is -0.494 e. The van der Waals surface area contributed by atoms with Crippen molar-refractivity contribution in [2.45, 2.75) is 11.3 Å². The fourth-order valence-electron chi connectivity index (χ4n) is 1.81. The molecule has 1 aromatic heterocycles. The molecule has 140 valence electrons. The molecule has 0 radical (unpaired) electrons. The molecule has 1 amide bonds. The van der Waals surface area contributed by atoms with Crippen LogP contribution in [0.2, 0.25) is 5.15 Å². The molecule has 12 heteroatoms. The van der Waals surface area contributed by atoms with Crippen molar-refractivity contribution in [3.05, 3.63) is 47.2 Å². The second kappa shape index (κ2) is 7.38. The summed E-state index contributed by atoms with van der Waals surface area (Å²) in [5.41, 5.74) is -0.381. The number of halogens is 4. The molecule has 1 heterocycles. The van der Waals surface area contributed by atoms with Crippen molar-refractivity contribution in [1.29, 1.82) is 0 Å². The van der Waals surface area contributed by atoms with E-state index >= 15 is 0 Å². The Bertz CT molecular complexity index is 934. The smallest absolute Gasteiger partial charge is 0.494 e. The lowest BCUT2D eigenvalue weighted by Crippen LogP contribution is -2.32. The van der Waals surface area contributed by atoms with E-state index in [4.69, 9.17) is 16.3 Å². The Labute approximate surface area is 150 Å².